The summed E-state index contributed by atoms with van der Waals surface area (Å²) in [7, 11) is 1.66. The van der Waals surface area contributed by atoms with E-state index in [9.17, 15) is 4.79 Å². The molecule has 7 N–H and O–H groups in total. The number of fused-ring (bicyclic) bond motifs is 1. The Labute approximate surface area is 142 Å². The molecule has 0 spiro atoms. The molecule has 1 aromatic rings. The van der Waals surface area contributed by atoms with E-state index >= 15 is 0 Å². The zero-order valence-corrected chi connectivity index (χ0v) is 15.1. The summed E-state index contributed by atoms with van der Waals surface area (Å²) in [6.07, 6.45) is 0.660. The largest absolute Gasteiger partial charge is 0.401 e. The first-order valence-electron chi connectivity index (χ1n) is 7.61. The van der Waals surface area contributed by atoms with Crippen molar-refractivity contribution >= 4 is 28.9 Å². The van der Waals surface area contributed by atoms with Crippen molar-refractivity contribution in [2.24, 2.45) is 11.6 Å². The number of nitrogen functional groups attached to an aromatic ring is 1. The van der Waals surface area contributed by atoms with Gasteiger partial charge in [-0.25, -0.2) is 5.84 Å². The lowest BCUT2D eigenvalue weighted by Crippen LogP contribution is -2.34. The summed E-state index contributed by atoms with van der Waals surface area (Å²) in [6, 6.07) is 0. The summed E-state index contributed by atoms with van der Waals surface area (Å²) in [5.41, 5.74) is 16.4. The standard InChI is InChI=1S/C14H20ClN5O.C2H6/c1-6-9(13(7(2)16)20(3)18)11(15)10-8(12(6)17)4-5-19-14(10)21;1-2/h4-5,16-18H2,1-3H3,(H,19,21);1-2H3/b13-7-;. The average Bonchev–Trinajstić information content (AvgIpc) is 2.50. The third-order valence-electron chi connectivity index (χ3n) is 3.70. The molecule has 1 aliphatic rings. The SMILES string of the molecule is C/C(N)=C(\c1c(C)c(N)c2c(c1Cl)C(=O)NCC2)N(C)N.CC. The van der Waals surface area contributed by atoms with Crippen LogP contribution in [0.15, 0.2) is 5.70 Å². The predicted octanol–water partition coefficient (Wildman–Crippen LogP) is 2.00. The van der Waals surface area contributed by atoms with Gasteiger partial charge in [0.2, 0.25) is 0 Å². The van der Waals surface area contributed by atoms with Crippen molar-refractivity contribution in [2.45, 2.75) is 34.1 Å². The molecule has 0 aromatic heterocycles. The Balaban J connectivity index is 0.00000127. The highest BCUT2D eigenvalue weighted by atomic mass is 35.5. The number of anilines is 1. The third-order valence-corrected chi connectivity index (χ3v) is 4.07. The molecule has 0 radical (unpaired) electrons. The van der Waals surface area contributed by atoms with Crippen LogP contribution in [-0.4, -0.2) is 24.5 Å². The Hall–Kier alpha value is -1.92. The van der Waals surface area contributed by atoms with Crippen LogP contribution in [0.1, 0.15) is 47.8 Å². The molecule has 128 valence electrons. The maximum Gasteiger partial charge on any atom is 0.253 e. The van der Waals surface area contributed by atoms with Crippen molar-refractivity contribution in [3.8, 4) is 0 Å². The van der Waals surface area contributed by atoms with Crippen LogP contribution in [0.3, 0.4) is 0 Å². The van der Waals surface area contributed by atoms with Crippen molar-refractivity contribution in [1.29, 1.82) is 0 Å². The Morgan fingerprint density at radius 2 is 1.91 bits per heavy atom. The van der Waals surface area contributed by atoms with Crippen molar-refractivity contribution in [3.63, 3.8) is 0 Å². The number of nitrogens with zero attached hydrogens (tertiary/aromatic N) is 1. The Morgan fingerprint density at radius 1 is 1.35 bits per heavy atom. The number of hydrazine groups is 1. The number of hydrogen-bond donors (Lipinski definition) is 4. The molecule has 1 heterocycles. The maximum absolute atomic E-state index is 12.1. The number of halogens is 1. The number of rotatable bonds is 2. The van der Waals surface area contributed by atoms with Crippen LogP contribution in [0, 0.1) is 6.92 Å². The summed E-state index contributed by atoms with van der Waals surface area (Å²) >= 11 is 6.49. The molecule has 1 aliphatic heterocycles. The highest BCUT2D eigenvalue weighted by molar-refractivity contribution is 6.36. The first kappa shape index (κ1) is 19.1. The van der Waals surface area contributed by atoms with Crippen LogP contribution in [0.4, 0.5) is 5.69 Å². The minimum Gasteiger partial charge on any atom is -0.401 e. The van der Waals surface area contributed by atoms with E-state index in [1.807, 2.05) is 20.8 Å². The fraction of sp³-hybridized carbons (Fsp3) is 0.438. The van der Waals surface area contributed by atoms with Gasteiger partial charge >= 0.3 is 0 Å². The molecule has 1 aromatic carbocycles. The molecule has 0 atom stereocenters. The molecule has 0 saturated carbocycles. The number of nitrogens with one attached hydrogen (secondary N) is 1. The highest BCUT2D eigenvalue weighted by Gasteiger charge is 2.28. The molecular weight excluding hydrogens is 314 g/mol. The number of amides is 1. The predicted molar refractivity (Wildman–Crippen MR) is 96.7 cm³/mol. The van der Waals surface area contributed by atoms with E-state index in [0.29, 0.717) is 46.2 Å². The minimum absolute atomic E-state index is 0.220. The van der Waals surface area contributed by atoms with Crippen LogP contribution in [0.25, 0.3) is 5.70 Å². The number of carbonyl (C=O) groups excluding carboxylic acids is 1. The summed E-state index contributed by atoms with van der Waals surface area (Å²) in [5.74, 6) is 5.64. The van der Waals surface area contributed by atoms with Gasteiger partial charge in [-0.05, 0) is 31.4 Å². The van der Waals surface area contributed by atoms with E-state index in [0.717, 1.165) is 11.1 Å². The van der Waals surface area contributed by atoms with Gasteiger partial charge in [0.25, 0.3) is 5.91 Å². The second-order valence-electron chi connectivity index (χ2n) is 5.23. The molecular formula is C16H26ClN5O. The van der Waals surface area contributed by atoms with E-state index in [2.05, 4.69) is 5.32 Å². The summed E-state index contributed by atoms with van der Waals surface area (Å²) in [5, 5.41) is 4.50. The van der Waals surface area contributed by atoms with Gasteiger partial charge in [0.05, 0.1) is 16.3 Å². The smallest absolute Gasteiger partial charge is 0.253 e. The monoisotopic (exact) mass is 339 g/mol. The number of nitrogens with two attached hydrogens (primary N) is 3. The van der Waals surface area contributed by atoms with Crippen LogP contribution in [0.5, 0.6) is 0 Å². The summed E-state index contributed by atoms with van der Waals surface area (Å²) in [6.45, 7) is 8.14. The quantitative estimate of drug-likeness (QED) is 0.374. The average molecular weight is 340 g/mol. The number of hydrogen-bond acceptors (Lipinski definition) is 5. The van der Waals surface area contributed by atoms with Gasteiger partial charge in [0.1, 0.15) is 0 Å². The molecule has 2 rings (SSSR count). The van der Waals surface area contributed by atoms with Gasteiger partial charge in [-0.15, -0.1) is 0 Å². The Bertz CT molecular complexity index is 649. The van der Waals surface area contributed by atoms with Crippen molar-refractivity contribution < 1.29 is 4.79 Å². The topological polar surface area (TPSA) is 110 Å². The molecule has 7 heteroatoms. The van der Waals surface area contributed by atoms with Crippen molar-refractivity contribution in [3.05, 3.63) is 33.0 Å². The van der Waals surface area contributed by atoms with E-state index < -0.39 is 0 Å². The Kier molecular flexibility index (Phi) is 6.29. The fourth-order valence-corrected chi connectivity index (χ4v) is 3.17. The lowest BCUT2D eigenvalue weighted by Gasteiger charge is -2.27. The molecule has 23 heavy (non-hydrogen) atoms. The second-order valence-corrected chi connectivity index (χ2v) is 5.61. The lowest BCUT2D eigenvalue weighted by atomic mass is 9.90. The van der Waals surface area contributed by atoms with Gasteiger partial charge in [0.15, 0.2) is 0 Å². The lowest BCUT2D eigenvalue weighted by molar-refractivity contribution is 0.0946. The van der Waals surface area contributed by atoms with Gasteiger partial charge in [-0.3, -0.25) is 4.79 Å². The highest BCUT2D eigenvalue weighted by Crippen LogP contribution is 2.39. The summed E-state index contributed by atoms with van der Waals surface area (Å²) < 4.78 is 0. The first-order valence-corrected chi connectivity index (χ1v) is 7.98. The zero-order valence-electron chi connectivity index (χ0n) is 14.4. The van der Waals surface area contributed by atoms with E-state index in [-0.39, 0.29) is 5.91 Å². The maximum atomic E-state index is 12.1. The number of carbonyl (C=O) groups is 1. The van der Waals surface area contributed by atoms with Gasteiger partial charge in [0, 0.05) is 30.5 Å². The minimum atomic E-state index is -0.220. The molecule has 0 bridgehead atoms. The molecule has 0 aliphatic carbocycles. The van der Waals surface area contributed by atoms with Crippen LogP contribution in [-0.2, 0) is 6.42 Å². The van der Waals surface area contributed by atoms with Crippen LogP contribution >= 0.6 is 11.6 Å². The van der Waals surface area contributed by atoms with E-state index in [1.165, 1.54) is 5.01 Å². The molecule has 0 fully saturated rings. The number of allylic oxidation sites excluding steroid dienone is 1. The van der Waals surface area contributed by atoms with E-state index in [4.69, 9.17) is 28.9 Å². The summed E-state index contributed by atoms with van der Waals surface area (Å²) in [4.78, 5) is 12.1. The van der Waals surface area contributed by atoms with E-state index in [1.54, 1.807) is 14.0 Å². The van der Waals surface area contributed by atoms with Gasteiger partial charge < -0.3 is 21.8 Å². The second kappa shape index (κ2) is 7.57. The zero-order chi connectivity index (χ0) is 17.9. The first-order chi connectivity index (χ1) is 10.8. The van der Waals surface area contributed by atoms with Gasteiger partial charge in [-0.1, -0.05) is 25.4 Å². The Morgan fingerprint density at radius 3 is 2.39 bits per heavy atom. The van der Waals surface area contributed by atoms with Crippen molar-refractivity contribution in [2.75, 3.05) is 19.3 Å². The van der Waals surface area contributed by atoms with Gasteiger partial charge in [-0.2, -0.15) is 0 Å². The van der Waals surface area contributed by atoms with Crippen molar-refractivity contribution in [1.82, 2.24) is 10.3 Å². The molecule has 0 saturated heterocycles. The molecule has 0 unspecified atom stereocenters. The van der Waals surface area contributed by atoms with Crippen LogP contribution < -0.4 is 22.6 Å². The normalized spacial score (nSPS) is 14.1. The molecule has 1 amide bonds. The third kappa shape index (κ3) is 3.38. The number of benzene rings is 1. The van der Waals surface area contributed by atoms with Crippen LogP contribution in [0.2, 0.25) is 5.02 Å². The fourth-order valence-electron chi connectivity index (χ4n) is 2.74. The molecule has 6 nitrogen and oxygen atoms in total.